The van der Waals surface area contributed by atoms with Gasteiger partial charge in [-0.3, -0.25) is 0 Å². The van der Waals surface area contributed by atoms with E-state index in [1.54, 1.807) is 0 Å². The molecule has 0 spiro atoms. The van der Waals surface area contributed by atoms with Crippen LogP contribution < -0.4 is 0 Å². The van der Waals surface area contributed by atoms with E-state index in [9.17, 15) is 0 Å². The summed E-state index contributed by atoms with van der Waals surface area (Å²) in [5.41, 5.74) is 0. The Kier molecular flexibility index (Phi) is 25.5. The molecule has 1 rings (SSSR count). The van der Waals surface area contributed by atoms with Crippen molar-refractivity contribution in [3.05, 3.63) is 0 Å². The molecule has 0 radical (unpaired) electrons. The van der Waals surface area contributed by atoms with E-state index >= 15 is 0 Å². The fraction of sp³-hybridized carbons (Fsp3) is 1.00. The van der Waals surface area contributed by atoms with Crippen molar-refractivity contribution in [3.8, 4) is 0 Å². The zero-order chi connectivity index (χ0) is 9.82. The molecule has 1 atom stereocenters. The van der Waals surface area contributed by atoms with Crippen molar-refractivity contribution >= 4 is 0 Å². The van der Waals surface area contributed by atoms with Gasteiger partial charge in [0.2, 0.25) is 0 Å². The fourth-order valence-electron chi connectivity index (χ4n) is 0.951. The van der Waals surface area contributed by atoms with Crippen molar-refractivity contribution < 1.29 is 15.3 Å². The van der Waals surface area contributed by atoms with Crippen LogP contribution in [0.15, 0.2) is 0 Å². The van der Waals surface area contributed by atoms with Crippen molar-refractivity contribution in [2.75, 3.05) is 13.2 Å². The van der Waals surface area contributed by atoms with Crippen LogP contribution in [-0.4, -0.2) is 29.9 Å². The summed E-state index contributed by atoms with van der Waals surface area (Å²) >= 11 is 0. The molecule has 0 bridgehead atoms. The van der Waals surface area contributed by atoms with Crippen LogP contribution in [0.4, 0.5) is 0 Å². The Morgan fingerprint density at radius 3 is 1.92 bits per heavy atom. The van der Waals surface area contributed by atoms with Crippen molar-refractivity contribution in [3.63, 3.8) is 0 Å². The van der Waals surface area contributed by atoms with E-state index in [1.165, 1.54) is 6.42 Å². The van der Waals surface area contributed by atoms with Gasteiger partial charge < -0.3 is 15.3 Å². The average molecular weight is 194 g/mol. The Balaban J connectivity index is -0.000000178. The van der Waals surface area contributed by atoms with Crippen LogP contribution in [0.25, 0.3) is 0 Å². The molecular formula is C10H26O3. The first-order valence-electron chi connectivity index (χ1n) is 5.16. The number of aliphatic hydroxyl groups excluding tert-OH is 1. The first kappa shape index (κ1) is 18.6. The van der Waals surface area contributed by atoms with Crippen molar-refractivity contribution in [2.24, 2.45) is 0 Å². The number of hydrogen-bond acceptors (Lipinski definition) is 2. The first-order valence-corrected chi connectivity index (χ1v) is 5.16. The Bertz CT molecular complexity index is 61.2. The van der Waals surface area contributed by atoms with Crippen LogP contribution in [-0.2, 0) is 4.74 Å². The maximum atomic E-state index is 8.57. The quantitative estimate of drug-likeness (QED) is 0.691. The monoisotopic (exact) mass is 194 g/mol. The molecule has 1 aliphatic rings. The molecule has 13 heavy (non-hydrogen) atoms. The molecule has 0 aromatic rings. The van der Waals surface area contributed by atoms with Gasteiger partial charge in [-0.1, -0.05) is 27.7 Å². The highest BCUT2D eigenvalue weighted by Gasteiger charge is 2.10. The second-order valence-electron chi connectivity index (χ2n) is 2.17. The summed E-state index contributed by atoms with van der Waals surface area (Å²) in [6, 6.07) is 0. The van der Waals surface area contributed by atoms with Crippen LogP contribution in [0.1, 0.15) is 47.0 Å². The molecule has 3 heteroatoms. The maximum absolute atomic E-state index is 8.57. The summed E-state index contributed by atoms with van der Waals surface area (Å²) in [5.74, 6) is 0. The fourth-order valence-corrected chi connectivity index (χ4v) is 0.951. The number of hydrogen-bond donors (Lipinski definition) is 1. The number of rotatable bonds is 1. The Morgan fingerprint density at radius 1 is 1.15 bits per heavy atom. The van der Waals surface area contributed by atoms with Crippen molar-refractivity contribution in [1.29, 1.82) is 0 Å². The zero-order valence-corrected chi connectivity index (χ0v) is 9.47. The third kappa shape index (κ3) is 11.9. The molecule has 3 nitrogen and oxygen atoms in total. The molecule has 0 saturated carbocycles. The SMILES string of the molecule is CC.CC.O.OC[C@@H]1CCCCO1. The minimum Gasteiger partial charge on any atom is -0.412 e. The van der Waals surface area contributed by atoms with Crippen LogP contribution in [0.2, 0.25) is 0 Å². The highest BCUT2D eigenvalue weighted by atomic mass is 16.5. The molecule has 0 aliphatic carbocycles. The summed E-state index contributed by atoms with van der Waals surface area (Å²) in [6.45, 7) is 9.03. The first-order chi connectivity index (χ1) is 5.93. The predicted molar refractivity (Wildman–Crippen MR) is 57.0 cm³/mol. The zero-order valence-electron chi connectivity index (χ0n) is 9.47. The molecule has 1 fully saturated rings. The number of aliphatic hydroxyl groups is 1. The minimum atomic E-state index is 0. The standard InChI is InChI=1S/C6H12O2.2C2H6.H2O/c7-5-6-3-1-2-4-8-6;2*1-2;/h6-7H,1-5H2;2*1-2H3;1H2/t6-;;;/m0.../s1. The largest absolute Gasteiger partial charge is 0.412 e. The van der Waals surface area contributed by atoms with Gasteiger partial charge in [-0.2, -0.15) is 0 Å². The second-order valence-corrected chi connectivity index (χ2v) is 2.17. The van der Waals surface area contributed by atoms with Crippen molar-refractivity contribution in [1.82, 2.24) is 0 Å². The third-order valence-electron chi connectivity index (χ3n) is 1.48. The average Bonchev–Trinajstić information content (AvgIpc) is 2.25. The van der Waals surface area contributed by atoms with E-state index in [1.807, 2.05) is 27.7 Å². The van der Waals surface area contributed by atoms with Gasteiger partial charge in [-0.05, 0) is 19.3 Å². The normalized spacial score (nSPS) is 19.6. The predicted octanol–water partition coefficient (Wildman–Crippen LogP) is 1.78. The Morgan fingerprint density at radius 2 is 1.69 bits per heavy atom. The lowest BCUT2D eigenvalue weighted by atomic mass is 10.1. The van der Waals surface area contributed by atoms with E-state index in [-0.39, 0.29) is 18.2 Å². The Hall–Kier alpha value is -0.120. The Labute approximate surface area is 82.4 Å². The van der Waals surface area contributed by atoms with Gasteiger partial charge in [0.25, 0.3) is 0 Å². The van der Waals surface area contributed by atoms with Crippen molar-refractivity contribution in [2.45, 2.75) is 53.1 Å². The van der Waals surface area contributed by atoms with Crippen LogP contribution >= 0.6 is 0 Å². The lowest BCUT2D eigenvalue weighted by Crippen LogP contribution is -2.22. The van der Waals surface area contributed by atoms with Crippen LogP contribution in [0, 0.1) is 0 Å². The maximum Gasteiger partial charge on any atom is 0.0805 e. The summed E-state index contributed by atoms with van der Waals surface area (Å²) < 4.78 is 5.18. The summed E-state index contributed by atoms with van der Waals surface area (Å²) in [5, 5.41) is 8.57. The molecule has 1 saturated heterocycles. The molecule has 84 valence electrons. The van der Waals surface area contributed by atoms with Gasteiger partial charge in [0.05, 0.1) is 12.7 Å². The van der Waals surface area contributed by atoms with Gasteiger partial charge >= 0.3 is 0 Å². The van der Waals surface area contributed by atoms with Crippen LogP contribution in [0.3, 0.4) is 0 Å². The molecular weight excluding hydrogens is 168 g/mol. The van der Waals surface area contributed by atoms with Gasteiger partial charge in [-0.25, -0.2) is 0 Å². The van der Waals surface area contributed by atoms with E-state index in [0.717, 1.165) is 19.4 Å². The van der Waals surface area contributed by atoms with E-state index in [2.05, 4.69) is 0 Å². The number of ether oxygens (including phenoxy) is 1. The summed E-state index contributed by atoms with van der Waals surface area (Å²) in [7, 11) is 0. The highest BCUT2D eigenvalue weighted by molar-refractivity contribution is 4.60. The highest BCUT2D eigenvalue weighted by Crippen LogP contribution is 2.10. The molecule has 0 amide bonds. The lowest BCUT2D eigenvalue weighted by Gasteiger charge is -2.19. The van der Waals surface area contributed by atoms with Gasteiger partial charge in [-0.15, -0.1) is 0 Å². The molecule has 1 heterocycles. The lowest BCUT2D eigenvalue weighted by molar-refractivity contribution is -0.0172. The summed E-state index contributed by atoms with van der Waals surface area (Å²) in [6.07, 6.45) is 3.56. The van der Waals surface area contributed by atoms with E-state index in [0.29, 0.717) is 0 Å². The summed E-state index contributed by atoms with van der Waals surface area (Å²) in [4.78, 5) is 0. The van der Waals surface area contributed by atoms with Gasteiger partial charge in [0.1, 0.15) is 0 Å². The molecule has 0 unspecified atom stereocenters. The topological polar surface area (TPSA) is 61.0 Å². The van der Waals surface area contributed by atoms with E-state index in [4.69, 9.17) is 9.84 Å². The van der Waals surface area contributed by atoms with Crippen LogP contribution in [0.5, 0.6) is 0 Å². The molecule has 0 aromatic heterocycles. The minimum absolute atomic E-state index is 0. The van der Waals surface area contributed by atoms with Gasteiger partial charge in [0, 0.05) is 6.61 Å². The second kappa shape index (κ2) is 17.8. The third-order valence-corrected chi connectivity index (χ3v) is 1.48. The van der Waals surface area contributed by atoms with Gasteiger partial charge in [0.15, 0.2) is 0 Å². The molecule has 0 aromatic carbocycles. The smallest absolute Gasteiger partial charge is 0.0805 e. The molecule has 3 N–H and O–H groups in total. The van der Waals surface area contributed by atoms with E-state index < -0.39 is 0 Å². The molecule has 1 aliphatic heterocycles.